The second-order valence-electron chi connectivity index (χ2n) is 6.87. The molecule has 0 saturated heterocycles. The number of fused-ring (bicyclic) bond motifs is 1. The number of anilines is 1. The molecule has 8 nitrogen and oxygen atoms in total. The summed E-state index contributed by atoms with van der Waals surface area (Å²) < 4.78 is 10.9. The number of amides is 1. The van der Waals surface area contributed by atoms with E-state index in [2.05, 4.69) is 32.1 Å². The number of aromatic amines is 1. The van der Waals surface area contributed by atoms with Crippen LogP contribution in [0.15, 0.2) is 60.8 Å². The Morgan fingerprint density at radius 2 is 1.94 bits per heavy atom. The molecule has 0 aliphatic heterocycles. The van der Waals surface area contributed by atoms with Gasteiger partial charge in [-0.15, -0.1) is 5.10 Å². The molecular formula is C23H23N5O3. The van der Waals surface area contributed by atoms with Crippen molar-refractivity contribution in [2.45, 2.75) is 12.8 Å². The monoisotopic (exact) mass is 417 g/mol. The van der Waals surface area contributed by atoms with E-state index < -0.39 is 0 Å². The van der Waals surface area contributed by atoms with Crippen LogP contribution in [0.1, 0.15) is 12.0 Å². The van der Waals surface area contributed by atoms with Crippen LogP contribution in [0.25, 0.3) is 22.2 Å². The number of H-pyrrole nitrogens is 1. The van der Waals surface area contributed by atoms with E-state index in [1.165, 1.54) is 0 Å². The van der Waals surface area contributed by atoms with Crippen molar-refractivity contribution in [2.24, 2.45) is 0 Å². The number of carbonyl (C=O) groups excluding carboxylic acids is 1. The Labute approximate surface area is 179 Å². The van der Waals surface area contributed by atoms with Crippen LogP contribution < -0.4 is 20.3 Å². The summed E-state index contributed by atoms with van der Waals surface area (Å²) >= 11 is 0. The lowest BCUT2D eigenvalue weighted by Gasteiger charge is -2.12. The molecule has 0 aliphatic carbocycles. The van der Waals surface area contributed by atoms with Gasteiger partial charge >= 0.3 is 0 Å². The highest BCUT2D eigenvalue weighted by Gasteiger charge is 2.18. The first-order valence-corrected chi connectivity index (χ1v) is 9.84. The topological polar surface area (TPSA) is 101 Å². The van der Waals surface area contributed by atoms with Crippen molar-refractivity contribution >= 4 is 22.6 Å². The molecule has 0 radical (unpaired) electrons. The Kier molecular flexibility index (Phi) is 5.98. The largest absolute Gasteiger partial charge is 0.497 e. The predicted octanol–water partition coefficient (Wildman–Crippen LogP) is 3.72. The summed E-state index contributed by atoms with van der Waals surface area (Å²) in [5, 5.41) is 8.73. The van der Waals surface area contributed by atoms with Gasteiger partial charge in [-0.1, -0.05) is 18.2 Å². The summed E-state index contributed by atoms with van der Waals surface area (Å²) in [6.07, 6.45) is 2.40. The zero-order chi connectivity index (χ0) is 21.6. The lowest BCUT2D eigenvalue weighted by atomic mass is 10.00. The maximum atomic E-state index is 12.4. The third kappa shape index (κ3) is 4.42. The molecule has 0 spiro atoms. The number of aryl methyl sites for hydroxylation is 1. The number of hydrogen-bond acceptors (Lipinski definition) is 6. The molecule has 4 rings (SSSR count). The maximum absolute atomic E-state index is 12.4. The Morgan fingerprint density at radius 3 is 2.71 bits per heavy atom. The minimum absolute atomic E-state index is 0.149. The fraction of sp³-hybridized carbons (Fsp3) is 0.174. The fourth-order valence-electron chi connectivity index (χ4n) is 3.50. The average molecular weight is 417 g/mol. The third-order valence-electron chi connectivity index (χ3n) is 5.00. The molecule has 3 N–H and O–H groups in total. The van der Waals surface area contributed by atoms with Gasteiger partial charge in [-0.3, -0.25) is 15.6 Å². The Balaban J connectivity index is 1.59. The highest BCUT2D eigenvalue weighted by atomic mass is 16.5. The molecule has 0 aliphatic rings. The number of hydrazine groups is 1. The number of carbonyl (C=O) groups is 1. The van der Waals surface area contributed by atoms with E-state index in [9.17, 15) is 4.79 Å². The SMILES string of the molecule is COc1ccc(-c2[nH]c3ccccc3c2CCC(=O)NNc2cccnn2)c(OC)c1. The lowest BCUT2D eigenvalue weighted by molar-refractivity contribution is -0.120. The molecule has 2 aromatic heterocycles. The van der Waals surface area contributed by atoms with Gasteiger partial charge in [0.05, 0.1) is 19.9 Å². The van der Waals surface area contributed by atoms with Gasteiger partial charge in [0.1, 0.15) is 11.5 Å². The molecule has 0 fully saturated rings. The number of nitrogens with one attached hydrogen (secondary N) is 3. The van der Waals surface area contributed by atoms with Gasteiger partial charge in [-0.05, 0) is 42.3 Å². The predicted molar refractivity (Wildman–Crippen MR) is 119 cm³/mol. The summed E-state index contributed by atoms with van der Waals surface area (Å²) in [4.78, 5) is 15.9. The van der Waals surface area contributed by atoms with Crippen LogP contribution in [0.3, 0.4) is 0 Å². The van der Waals surface area contributed by atoms with Gasteiger partial charge in [-0.25, -0.2) is 0 Å². The summed E-state index contributed by atoms with van der Waals surface area (Å²) in [6, 6.07) is 17.2. The van der Waals surface area contributed by atoms with E-state index in [1.54, 1.807) is 32.5 Å². The molecule has 4 aromatic rings. The maximum Gasteiger partial charge on any atom is 0.238 e. The summed E-state index contributed by atoms with van der Waals surface area (Å²) in [5.74, 6) is 1.74. The standard InChI is InChI=1S/C23H23N5O3/c1-30-15-9-10-18(20(14-15)31-2)23-17(16-6-3-4-7-19(16)25-23)11-12-22(29)28-27-21-8-5-13-24-26-21/h3-10,13-14,25H,11-12H2,1-2H3,(H,26,27)(H,28,29). The number of aromatic nitrogens is 3. The number of para-hydroxylation sites is 1. The van der Waals surface area contributed by atoms with Crippen molar-refractivity contribution in [1.29, 1.82) is 0 Å². The number of hydrogen-bond donors (Lipinski definition) is 3. The summed E-state index contributed by atoms with van der Waals surface area (Å²) in [5.41, 5.74) is 9.33. The van der Waals surface area contributed by atoms with Crippen LogP contribution in [0.2, 0.25) is 0 Å². The van der Waals surface area contributed by atoms with Crippen molar-refractivity contribution in [3.05, 3.63) is 66.4 Å². The van der Waals surface area contributed by atoms with Crippen LogP contribution >= 0.6 is 0 Å². The number of benzene rings is 2. The van der Waals surface area contributed by atoms with E-state index >= 15 is 0 Å². The first-order valence-electron chi connectivity index (χ1n) is 9.84. The first-order chi connectivity index (χ1) is 15.2. The van der Waals surface area contributed by atoms with Gasteiger partial charge < -0.3 is 14.5 Å². The minimum Gasteiger partial charge on any atom is -0.497 e. The molecule has 0 saturated carbocycles. The van der Waals surface area contributed by atoms with E-state index in [1.807, 2.05) is 36.4 Å². The highest BCUT2D eigenvalue weighted by molar-refractivity contribution is 5.92. The van der Waals surface area contributed by atoms with Crippen LogP contribution in [-0.2, 0) is 11.2 Å². The Bertz CT molecular complexity index is 1190. The van der Waals surface area contributed by atoms with Crippen LogP contribution in [-0.4, -0.2) is 35.3 Å². The molecule has 0 bridgehead atoms. The fourth-order valence-corrected chi connectivity index (χ4v) is 3.50. The first kappa shape index (κ1) is 20.2. The van der Waals surface area contributed by atoms with Crippen molar-refractivity contribution in [3.63, 3.8) is 0 Å². The molecule has 31 heavy (non-hydrogen) atoms. The molecule has 0 unspecified atom stereocenters. The van der Waals surface area contributed by atoms with Crippen molar-refractivity contribution in [2.75, 3.05) is 19.6 Å². The van der Waals surface area contributed by atoms with E-state index in [4.69, 9.17) is 9.47 Å². The van der Waals surface area contributed by atoms with Crippen molar-refractivity contribution < 1.29 is 14.3 Å². The quantitative estimate of drug-likeness (QED) is 0.378. The van der Waals surface area contributed by atoms with E-state index in [0.29, 0.717) is 30.2 Å². The van der Waals surface area contributed by atoms with Gasteiger partial charge in [0.2, 0.25) is 5.91 Å². The molecular weight excluding hydrogens is 394 g/mol. The third-order valence-corrected chi connectivity index (χ3v) is 5.00. The number of nitrogens with zero attached hydrogens (tertiary/aromatic N) is 2. The van der Waals surface area contributed by atoms with Gasteiger partial charge in [0, 0.05) is 35.2 Å². The zero-order valence-electron chi connectivity index (χ0n) is 17.3. The second kappa shape index (κ2) is 9.17. The summed E-state index contributed by atoms with van der Waals surface area (Å²) in [6.45, 7) is 0. The minimum atomic E-state index is -0.149. The Morgan fingerprint density at radius 1 is 1.06 bits per heavy atom. The number of rotatable bonds is 8. The molecule has 2 aromatic carbocycles. The van der Waals surface area contributed by atoms with E-state index in [-0.39, 0.29) is 5.91 Å². The van der Waals surface area contributed by atoms with Crippen molar-refractivity contribution in [1.82, 2.24) is 20.6 Å². The van der Waals surface area contributed by atoms with Crippen molar-refractivity contribution in [3.8, 4) is 22.8 Å². The van der Waals surface area contributed by atoms with E-state index in [0.717, 1.165) is 27.7 Å². The van der Waals surface area contributed by atoms with Crippen LogP contribution in [0.5, 0.6) is 11.5 Å². The lowest BCUT2D eigenvalue weighted by Crippen LogP contribution is -2.30. The number of ether oxygens (including phenoxy) is 2. The van der Waals surface area contributed by atoms with Crippen LogP contribution in [0.4, 0.5) is 5.82 Å². The normalized spacial score (nSPS) is 10.6. The number of methoxy groups -OCH3 is 2. The average Bonchev–Trinajstić information content (AvgIpc) is 3.19. The van der Waals surface area contributed by atoms with Crippen LogP contribution in [0, 0.1) is 0 Å². The molecule has 0 atom stereocenters. The summed E-state index contributed by atoms with van der Waals surface area (Å²) in [7, 11) is 3.25. The van der Waals surface area contributed by atoms with Gasteiger partial charge in [0.15, 0.2) is 5.82 Å². The second-order valence-corrected chi connectivity index (χ2v) is 6.87. The zero-order valence-corrected chi connectivity index (χ0v) is 17.3. The van der Waals surface area contributed by atoms with Gasteiger partial charge in [0.25, 0.3) is 0 Å². The molecule has 2 heterocycles. The highest BCUT2D eigenvalue weighted by Crippen LogP contribution is 2.38. The molecule has 1 amide bonds. The van der Waals surface area contributed by atoms with Gasteiger partial charge in [-0.2, -0.15) is 5.10 Å². The molecule has 8 heteroatoms. The smallest absolute Gasteiger partial charge is 0.238 e. The Hall–Kier alpha value is -4.07. The molecule has 158 valence electrons.